The highest BCUT2D eigenvalue weighted by Crippen LogP contribution is 2.46. The summed E-state index contributed by atoms with van der Waals surface area (Å²) in [6.45, 7) is 0. The zero-order chi connectivity index (χ0) is 37.0. The number of hydrogen-bond acceptors (Lipinski definition) is 3. The van der Waals surface area contributed by atoms with Crippen molar-refractivity contribution in [2.45, 2.75) is 0 Å². The SMILES string of the molecule is c1ccc(-c2ccc(-c3cccc4c3sc3ccc5c6ccccc6n(-c6ccccc6)c5c34)c(-[n+]3cc(-c4ccccc4)nc(-c4ccccc4)n3)c2)cc1. The van der Waals surface area contributed by atoms with Crippen LogP contribution in [0.5, 0.6) is 0 Å². The minimum Gasteiger partial charge on any atom is -0.309 e. The molecule has 0 spiro atoms. The largest absolute Gasteiger partial charge is 0.309 e. The summed E-state index contributed by atoms with van der Waals surface area (Å²) >= 11 is 1.86. The first-order chi connectivity index (χ1) is 27.8. The third-order valence-electron chi connectivity index (χ3n) is 10.7. The maximum absolute atomic E-state index is 5.26. The topological polar surface area (TPSA) is 34.6 Å². The van der Waals surface area contributed by atoms with Gasteiger partial charge in [-0.3, -0.25) is 0 Å². The van der Waals surface area contributed by atoms with Gasteiger partial charge in [0.2, 0.25) is 17.7 Å². The molecular formula is C51H33N4S+. The smallest absolute Gasteiger partial charge is 0.246 e. The number of fused-ring (bicyclic) bond motifs is 7. The van der Waals surface area contributed by atoms with E-state index in [4.69, 9.17) is 10.1 Å². The van der Waals surface area contributed by atoms with Crippen LogP contribution in [-0.2, 0) is 0 Å². The van der Waals surface area contributed by atoms with Gasteiger partial charge in [-0.1, -0.05) is 158 Å². The predicted octanol–water partition coefficient (Wildman–Crippen LogP) is 12.9. The van der Waals surface area contributed by atoms with Gasteiger partial charge in [-0.25, -0.2) is 4.98 Å². The Hall–Kier alpha value is -7.21. The number of thiophene rings is 1. The first kappa shape index (κ1) is 32.2. The molecule has 262 valence electrons. The highest BCUT2D eigenvalue weighted by molar-refractivity contribution is 7.26. The third-order valence-corrected chi connectivity index (χ3v) is 11.9. The van der Waals surface area contributed by atoms with Crippen molar-refractivity contribution < 1.29 is 4.68 Å². The summed E-state index contributed by atoms with van der Waals surface area (Å²) in [5.41, 5.74) is 12.0. The van der Waals surface area contributed by atoms with Gasteiger partial charge < -0.3 is 4.57 Å². The molecule has 3 aromatic heterocycles. The molecule has 0 saturated carbocycles. The van der Waals surface area contributed by atoms with E-state index < -0.39 is 0 Å². The average molecular weight is 734 g/mol. The predicted molar refractivity (Wildman–Crippen MR) is 233 cm³/mol. The lowest BCUT2D eigenvalue weighted by Gasteiger charge is -2.11. The Morgan fingerprint density at radius 3 is 1.91 bits per heavy atom. The van der Waals surface area contributed by atoms with Gasteiger partial charge in [0.25, 0.3) is 0 Å². The standard InChI is InChI=1S/C51H33N4S/c1-5-16-34(17-6-1)37-28-29-40(46(32-37)54-33-44(35-18-7-2-8-19-35)52-51(53-54)36-20-9-3-10-21-36)42-25-15-26-43-48-47(56-50(42)43)31-30-41-39-24-13-14-27-45(39)55(49(41)48)38-22-11-4-12-23-38/h1-33H/q+1. The van der Waals surface area contributed by atoms with E-state index in [0.717, 1.165) is 44.9 Å². The molecular weight excluding hydrogens is 701 g/mol. The van der Waals surface area contributed by atoms with Crippen LogP contribution in [0, 0.1) is 0 Å². The lowest BCUT2D eigenvalue weighted by molar-refractivity contribution is -0.658. The van der Waals surface area contributed by atoms with Crippen molar-refractivity contribution in [2.24, 2.45) is 0 Å². The Labute approximate surface area is 327 Å². The van der Waals surface area contributed by atoms with Gasteiger partial charge in [0.15, 0.2) is 0 Å². The Morgan fingerprint density at radius 1 is 0.482 bits per heavy atom. The van der Waals surface area contributed by atoms with E-state index in [2.05, 4.69) is 181 Å². The molecule has 0 atom stereocenters. The number of para-hydroxylation sites is 2. The number of rotatable bonds is 6. The summed E-state index contributed by atoms with van der Waals surface area (Å²) in [4.78, 5) is 5.11. The van der Waals surface area contributed by atoms with Crippen molar-refractivity contribution >= 4 is 53.3 Å². The molecule has 0 unspecified atom stereocenters. The molecule has 0 aliphatic heterocycles. The molecule has 3 heterocycles. The Bertz CT molecular complexity index is 3170. The van der Waals surface area contributed by atoms with Gasteiger partial charge in [-0.15, -0.1) is 11.3 Å². The molecule has 0 bridgehead atoms. The number of nitrogens with zero attached hydrogens (tertiary/aromatic N) is 4. The summed E-state index contributed by atoms with van der Waals surface area (Å²) in [7, 11) is 0. The first-order valence-electron chi connectivity index (χ1n) is 18.8. The molecule has 0 aliphatic carbocycles. The van der Waals surface area contributed by atoms with Crippen molar-refractivity contribution in [3.05, 3.63) is 200 Å². The van der Waals surface area contributed by atoms with E-state index in [1.54, 1.807) is 0 Å². The molecule has 0 radical (unpaired) electrons. The van der Waals surface area contributed by atoms with E-state index >= 15 is 0 Å². The van der Waals surface area contributed by atoms with Crippen molar-refractivity contribution in [3.8, 4) is 56.3 Å². The lowest BCUT2D eigenvalue weighted by atomic mass is 9.96. The lowest BCUT2D eigenvalue weighted by Crippen LogP contribution is -2.37. The molecule has 0 amide bonds. The summed E-state index contributed by atoms with van der Waals surface area (Å²) in [5, 5.41) is 10.3. The van der Waals surface area contributed by atoms with Crippen LogP contribution in [0.25, 0.3) is 98.3 Å². The molecule has 0 fully saturated rings. The molecule has 4 nitrogen and oxygen atoms in total. The number of benzene rings is 8. The van der Waals surface area contributed by atoms with Gasteiger partial charge >= 0.3 is 0 Å². The molecule has 11 aromatic rings. The van der Waals surface area contributed by atoms with E-state index in [1.165, 1.54) is 47.5 Å². The van der Waals surface area contributed by atoms with Crippen molar-refractivity contribution in [2.75, 3.05) is 0 Å². The summed E-state index contributed by atoms with van der Waals surface area (Å²) in [6.07, 6.45) is 2.07. The van der Waals surface area contributed by atoms with Crippen molar-refractivity contribution in [1.82, 2.24) is 14.6 Å². The Kier molecular flexibility index (Phi) is 7.64. The van der Waals surface area contributed by atoms with Crippen LogP contribution in [0.3, 0.4) is 0 Å². The second-order valence-corrected chi connectivity index (χ2v) is 15.1. The average Bonchev–Trinajstić information content (AvgIpc) is 3.83. The maximum atomic E-state index is 5.26. The fraction of sp³-hybridized carbons (Fsp3) is 0. The molecule has 11 rings (SSSR count). The van der Waals surface area contributed by atoms with Crippen LogP contribution >= 0.6 is 11.3 Å². The molecule has 0 N–H and O–H groups in total. The van der Waals surface area contributed by atoms with Gasteiger partial charge in [-0.2, -0.15) is 0 Å². The zero-order valence-corrected chi connectivity index (χ0v) is 31.1. The molecule has 56 heavy (non-hydrogen) atoms. The molecule has 8 aromatic carbocycles. The first-order valence-corrected chi connectivity index (χ1v) is 19.6. The number of hydrogen-bond donors (Lipinski definition) is 0. The van der Waals surface area contributed by atoms with Crippen molar-refractivity contribution in [1.29, 1.82) is 0 Å². The van der Waals surface area contributed by atoms with Gasteiger partial charge in [0.05, 0.1) is 16.6 Å². The zero-order valence-electron chi connectivity index (χ0n) is 30.2. The molecule has 0 saturated heterocycles. The number of aromatic nitrogens is 4. The van der Waals surface area contributed by atoms with Crippen LogP contribution in [0.2, 0.25) is 0 Å². The van der Waals surface area contributed by atoms with Crippen LogP contribution in [0.15, 0.2) is 200 Å². The fourth-order valence-corrected chi connectivity index (χ4v) is 9.38. The Morgan fingerprint density at radius 2 is 1.14 bits per heavy atom. The van der Waals surface area contributed by atoms with E-state index in [9.17, 15) is 0 Å². The van der Waals surface area contributed by atoms with E-state index in [1.807, 2.05) is 40.3 Å². The summed E-state index contributed by atoms with van der Waals surface area (Å²) < 4.78 is 6.99. The quantitative estimate of drug-likeness (QED) is 0.160. The second kappa shape index (κ2) is 13.3. The third kappa shape index (κ3) is 5.32. The van der Waals surface area contributed by atoms with Gasteiger partial charge in [0, 0.05) is 64.5 Å². The summed E-state index contributed by atoms with van der Waals surface area (Å²) in [6, 6.07) is 68.9. The minimum absolute atomic E-state index is 0.666. The highest BCUT2D eigenvalue weighted by Gasteiger charge is 2.25. The van der Waals surface area contributed by atoms with Gasteiger partial charge in [0.1, 0.15) is 5.69 Å². The second-order valence-electron chi connectivity index (χ2n) is 14.0. The Balaban J connectivity index is 1.20. The van der Waals surface area contributed by atoms with E-state index in [0.29, 0.717) is 5.82 Å². The normalized spacial score (nSPS) is 11.6. The van der Waals surface area contributed by atoms with Crippen LogP contribution in [0.4, 0.5) is 0 Å². The molecule has 0 aliphatic rings. The van der Waals surface area contributed by atoms with E-state index in [-0.39, 0.29) is 0 Å². The minimum atomic E-state index is 0.666. The fourth-order valence-electron chi connectivity index (χ4n) is 8.15. The molecule has 5 heteroatoms. The van der Waals surface area contributed by atoms with Crippen LogP contribution in [0.1, 0.15) is 0 Å². The maximum Gasteiger partial charge on any atom is 0.246 e. The van der Waals surface area contributed by atoms with Crippen LogP contribution < -0.4 is 4.68 Å². The van der Waals surface area contributed by atoms with Gasteiger partial charge in [-0.05, 0) is 46.1 Å². The monoisotopic (exact) mass is 733 g/mol. The highest BCUT2D eigenvalue weighted by atomic mass is 32.1. The van der Waals surface area contributed by atoms with Crippen molar-refractivity contribution in [3.63, 3.8) is 0 Å². The van der Waals surface area contributed by atoms with Crippen LogP contribution in [-0.4, -0.2) is 14.6 Å². The summed E-state index contributed by atoms with van der Waals surface area (Å²) in [5.74, 6) is 0.666.